The van der Waals surface area contributed by atoms with E-state index < -0.39 is 23.2 Å². The van der Waals surface area contributed by atoms with E-state index in [1.807, 2.05) is 0 Å². The summed E-state index contributed by atoms with van der Waals surface area (Å²) in [6.45, 7) is 5.31. The molecule has 3 rings (SSSR count). The van der Waals surface area contributed by atoms with E-state index in [1.165, 1.54) is 0 Å². The molecule has 0 amide bonds. The molecule has 1 fully saturated rings. The van der Waals surface area contributed by atoms with Crippen LogP contribution < -0.4 is 0 Å². The van der Waals surface area contributed by atoms with E-state index in [1.54, 1.807) is 31.0 Å². The Morgan fingerprint density at radius 3 is 2.59 bits per heavy atom. The summed E-state index contributed by atoms with van der Waals surface area (Å²) >= 11 is 0. The van der Waals surface area contributed by atoms with Crippen molar-refractivity contribution in [3.63, 3.8) is 0 Å². The Morgan fingerprint density at radius 1 is 1.36 bits per heavy atom. The molecule has 0 bridgehead atoms. The van der Waals surface area contributed by atoms with Gasteiger partial charge in [-0.15, -0.1) is 0 Å². The number of rotatable bonds is 2. The van der Waals surface area contributed by atoms with E-state index in [0.29, 0.717) is 22.3 Å². The van der Waals surface area contributed by atoms with Gasteiger partial charge >= 0.3 is 5.97 Å². The van der Waals surface area contributed by atoms with Gasteiger partial charge in [0.1, 0.15) is 5.60 Å². The fraction of sp³-hybridized carbons (Fsp3) is 0.250. The molecule has 0 aliphatic carbocycles. The smallest absolute Gasteiger partial charge is 0.334 e. The third-order valence-electron chi connectivity index (χ3n) is 3.80. The van der Waals surface area contributed by atoms with Gasteiger partial charge in [0.15, 0.2) is 11.6 Å². The summed E-state index contributed by atoms with van der Waals surface area (Å²) in [5.41, 5.74) is 0.687. The highest BCUT2D eigenvalue weighted by molar-refractivity contribution is 5.91. The third kappa shape index (κ3) is 2.20. The molecule has 0 radical (unpaired) electrons. The lowest BCUT2D eigenvalue weighted by atomic mass is 9.86. The van der Waals surface area contributed by atoms with Crippen LogP contribution in [-0.2, 0) is 22.2 Å². The van der Waals surface area contributed by atoms with E-state index >= 15 is 0 Å². The predicted molar refractivity (Wildman–Crippen MR) is 75.8 cm³/mol. The SMILES string of the molecule is C=C1CC(C)(c2cc(F)c(F)cc2-c2cnn(C)c2)OC1=O. The van der Waals surface area contributed by atoms with Gasteiger partial charge in [0.05, 0.1) is 6.20 Å². The quantitative estimate of drug-likeness (QED) is 0.632. The first kappa shape index (κ1) is 14.4. The minimum absolute atomic E-state index is 0.226. The zero-order chi connectivity index (χ0) is 16.1. The molecule has 22 heavy (non-hydrogen) atoms. The van der Waals surface area contributed by atoms with Crippen LogP contribution in [0.1, 0.15) is 18.9 Å². The Morgan fingerprint density at radius 2 is 2.05 bits per heavy atom. The van der Waals surface area contributed by atoms with Crippen LogP contribution in [0.25, 0.3) is 11.1 Å². The van der Waals surface area contributed by atoms with Crippen molar-refractivity contribution in [1.29, 1.82) is 0 Å². The van der Waals surface area contributed by atoms with Gasteiger partial charge in [0.2, 0.25) is 0 Å². The third-order valence-corrected chi connectivity index (χ3v) is 3.80. The topological polar surface area (TPSA) is 44.1 Å². The Balaban J connectivity index is 2.20. The number of ether oxygens (including phenoxy) is 1. The highest BCUT2D eigenvalue weighted by Gasteiger charge is 2.42. The summed E-state index contributed by atoms with van der Waals surface area (Å²) in [5.74, 6) is -2.48. The second-order valence-corrected chi connectivity index (χ2v) is 5.62. The maximum absolute atomic E-state index is 13.7. The molecule has 2 heterocycles. The minimum Gasteiger partial charge on any atom is -0.451 e. The van der Waals surface area contributed by atoms with Gasteiger partial charge in [-0.25, -0.2) is 13.6 Å². The molecule has 2 aromatic rings. The summed E-state index contributed by atoms with van der Waals surface area (Å²) in [4.78, 5) is 11.7. The summed E-state index contributed by atoms with van der Waals surface area (Å²) in [6, 6.07) is 2.17. The first-order valence-electron chi connectivity index (χ1n) is 6.70. The van der Waals surface area contributed by atoms with Crippen molar-refractivity contribution in [3.05, 3.63) is 53.9 Å². The number of nitrogens with zero attached hydrogens (tertiary/aromatic N) is 2. The molecule has 1 saturated heterocycles. The number of aryl methyl sites for hydroxylation is 1. The van der Waals surface area contributed by atoms with Gasteiger partial charge in [-0.1, -0.05) is 6.58 Å². The fourth-order valence-corrected chi connectivity index (χ4v) is 2.73. The molecular weight excluding hydrogens is 290 g/mol. The number of esters is 1. The standard InChI is InChI=1S/C16H14F2N2O2/c1-9-6-16(2,22-15(9)21)12-5-14(18)13(17)4-11(12)10-7-19-20(3)8-10/h4-5,7-8H,1,6H2,2-3H3. The van der Waals surface area contributed by atoms with Crippen molar-refractivity contribution in [2.24, 2.45) is 7.05 Å². The van der Waals surface area contributed by atoms with Crippen molar-refractivity contribution in [2.75, 3.05) is 0 Å². The van der Waals surface area contributed by atoms with Crippen LogP contribution in [-0.4, -0.2) is 15.7 Å². The van der Waals surface area contributed by atoms with E-state index in [9.17, 15) is 13.6 Å². The average Bonchev–Trinajstić information content (AvgIpc) is 2.97. The molecule has 1 unspecified atom stereocenters. The van der Waals surface area contributed by atoms with Crippen molar-refractivity contribution in [3.8, 4) is 11.1 Å². The Labute approximate surface area is 126 Å². The van der Waals surface area contributed by atoms with Gasteiger partial charge in [-0.05, 0) is 24.6 Å². The minimum atomic E-state index is -1.08. The number of aromatic nitrogens is 2. The second kappa shape index (κ2) is 4.76. The maximum atomic E-state index is 13.7. The number of cyclic esters (lactones) is 1. The molecule has 0 N–H and O–H groups in total. The van der Waals surface area contributed by atoms with Crippen LogP contribution in [0, 0.1) is 11.6 Å². The molecule has 114 valence electrons. The van der Waals surface area contributed by atoms with Crippen molar-refractivity contribution < 1.29 is 18.3 Å². The number of hydrogen-bond acceptors (Lipinski definition) is 3. The van der Waals surface area contributed by atoms with E-state index in [0.717, 1.165) is 12.1 Å². The van der Waals surface area contributed by atoms with Gasteiger partial charge in [-0.3, -0.25) is 4.68 Å². The zero-order valence-electron chi connectivity index (χ0n) is 12.2. The number of benzene rings is 1. The fourth-order valence-electron chi connectivity index (χ4n) is 2.73. The lowest BCUT2D eigenvalue weighted by Crippen LogP contribution is -2.22. The summed E-state index contributed by atoms with van der Waals surface area (Å²) in [6.07, 6.45) is 3.46. The van der Waals surface area contributed by atoms with Gasteiger partial charge < -0.3 is 4.74 Å². The summed E-state index contributed by atoms with van der Waals surface area (Å²) < 4.78 is 34.3. The molecule has 0 saturated carbocycles. The maximum Gasteiger partial charge on any atom is 0.334 e. The average molecular weight is 304 g/mol. The molecular formula is C16H14F2N2O2. The van der Waals surface area contributed by atoms with Crippen LogP contribution >= 0.6 is 0 Å². The molecule has 1 atom stereocenters. The van der Waals surface area contributed by atoms with Crippen LogP contribution in [0.5, 0.6) is 0 Å². The van der Waals surface area contributed by atoms with Crippen molar-refractivity contribution in [1.82, 2.24) is 9.78 Å². The lowest BCUT2D eigenvalue weighted by molar-refractivity contribution is -0.145. The second-order valence-electron chi connectivity index (χ2n) is 5.62. The van der Waals surface area contributed by atoms with Crippen LogP contribution in [0.3, 0.4) is 0 Å². The van der Waals surface area contributed by atoms with Crippen molar-refractivity contribution in [2.45, 2.75) is 18.9 Å². The molecule has 1 aliphatic rings. The molecule has 4 nitrogen and oxygen atoms in total. The monoisotopic (exact) mass is 304 g/mol. The summed E-state index contributed by atoms with van der Waals surface area (Å²) in [5, 5.41) is 4.04. The van der Waals surface area contributed by atoms with Crippen LogP contribution in [0.2, 0.25) is 0 Å². The number of carbonyl (C=O) groups is 1. The molecule has 1 aromatic carbocycles. The Kier molecular flexibility index (Phi) is 3.12. The van der Waals surface area contributed by atoms with Crippen LogP contribution in [0.4, 0.5) is 8.78 Å². The number of carbonyl (C=O) groups excluding carboxylic acids is 1. The van der Waals surface area contributed by atoms with Crippen molar-refractivity contribution >= 4 is 5.97 Å². The van der Waals surface area contributed by atoms with E-state index in [-0.39, 0.29) is 6.42 Å². The largest absolute Gasteiger partial charge is 0.451 e. The van der Waals surface area contributed by atoms with Gasteiger partial charge in [-0.2, -0.15) is 5.10 Å². The van der Waals surface area contributed by atoms with E-state index in [4.69, 9.17) is 4.74 Å². The Bertz CT molecular complexity index is 779. The highest BCUT2D eigenvalue weighted by Crippen LogP contribution is 2.43. The molecule has 1 aromatic heterocycles. The normalized spacial score (nSPS) is 21.3. The van der Waals surface area contributed by atoms with Gasteiger partial charge in [0, 0.05) is 36.4 Å². The Hall–Kier alpha value is -2.50. The molecule has 6 heteroatoms. The van der Waals surface area contributed by atoms with E-state index in [2.05, 4.69) is 11.7 Å². The first-order chi connectivity index (χ1) is 10.3. The number of halogens is 2. The molecule has 0 spiro atoms. The van der Waals surface area contributed by atoms with Crippen LogP contribution in [0.15, 0.2) is 36.7 Å². The molecule has 1 aliphatic heterocycles. The zero-order valence-corrected chi connectivity index (χ0v) is 12.2. The predicted octanol–water partition coefficient (Wildman–Crippen LogP) is 3.08. The lowest BCUT2D eigenvalue weighted by Gasteiger charge is -2.25. The first-order valence-corrected chi connectivity index (χ1v) is 6.70. The summed E-state index contributed by atoms with van der Waals surface area (Å²) in [7, 11) is 1.72. The van der Waals surface area contributed by atoms with Gasteiger partial charge in [0.25, 0.3) is 0 Å². The number of hydrogen-bond donors (Lipinski definition) is 0. The highest BCUT2D eigenvalue weighted by atomic mass is 19.2.